The summed E-state index contributed by atoms with van der Waals surface area (Å²) < 4.78 is 12.8. The maximum Gasteiger partial charge on any atom is 0.255 e. The molecule has 0 fully saturated rings. The minimum atomic E-state index is -0.269. The monoisotopic (exact) mass is 294 g/mol. The molecule has 0 amide bonds. The van der Waals surface area contributed by atoms with Gasteiger partial charge in [0, 0.05) is 30.0 Å². The highest BCUT2D eigenvalue weighted by molar-refractivity contribution is 7.98. The highest BCUT2D eigenvalue weighted by Crippen LogP contribution is 2.19. The Labute approximate surface area is 120 Å². The van der Waals surface area contributed by atoms with Crippen molar-refractivity contribution in [2.45, 2.75) is 24.3 Å². The number of hydrogen-bond donors (Lipinski definition) is 2. The lowest BCUT2D eigenvalue weighted by molar-refractivity contribution is 0.298. The van der Waals surface area contributed by atoms with Gasteiger partial charge in [-0.15, -0.1) is 0 Å². The summed E-state index contributed by atoms with van der Waals surface area (Å²) in [5.74, 6) is 0.330. The summed E-state index contributed by atoms with van der Waals surface area (Å²) in [6.07, 6.45) is 0.303. The van der Waals surface area contributed by atoms with E-state index in [1.165, 1.54) is 23.9 Å². The van der Waals surface area contributed by atoms with Crippen molar-refractivity contribution in [3.63, 3.8) is 0 Å². The summed E-state index contributed by atoms with van der Waals surface area (Å²) in [5.41, 5.74) is 1.88. The van der Waals surface area contributed by atoms with E-state index in [0.717, 1.165) is 5.56 Å². The standard InChI is InChI=1S/C14H15FN2O2S/c1-9-12(6-7-18)13(19)17-14(16-9)20-8-10-2-4-11(15)5-3-10/h2-5,18H,6-8H2,1H3,(H,16,17,19). The molecule has 0 aliphatic heterocycles. The van der Waals surface area contributed by atoms with E-state index in [9.17, 15) is 9.18 Å². The van der Waals surface area contributed by atoms with E-state index in [0.29, 0.717) is 28.6 Å². The first-order valence-electron chi connectivity index (χ1n) is 6.18. The van der Waals surface area contributed by atoms with Crippen LogP contribution in [0.25, 0.3) is 0 Å². The van der Waals surface area contributed by atoms with Crippen LogP contribution in [-0.2, 0) is 12.2 Å². The number of aryl methyl sites for hydroxylation is 1. The predicted molar refractivity (Wildman–Crippen MR) is 76.3 cm³/mol. The van der Waals surface area contributed by atoms with E-state index in [2.05, 4.69) is 9.97 Å². The Morgan fingerprint density at radius 2 is 2.05 bits per heavy atom. The molecule has 0 unspecified atom stereocenters. The molecule has 2 N–H and O–H groups in total. The molecule has 0 saturated carbocycles. The molecular formula is C14H15FN2O2S. The van der Waals surface area contributed by atoms with Crippen molar-refractivity contribution in [3.8, 4) is 0 Å². The number of H-pyrrole nitrogens is 1. The number of nitrogens with zero attached hydrogens (tertiary/aromatic N) is 1. The first-order chi connectivity index (χ1) is 9.60. The van der Waals surface area contributed by atoms with Gasteiger partial charge in [0.05, 0.1) is 0 Å². The minimum absolute atomic E-state index is 0.0757. The van der Waals surface area contributed by atoms with Crippen LogP contribution in [0.4, 0.5) is 4.39 Å². The Balaban J connectivity index is 2.10. The molecule has 1 aromatic carbocycles. The highest BCUT2D eigenvalue weighted by atomic mass is 32.2. The van der Waals surface area contributed by atoms with Crippen molar-refractivity contribution in [1.29, 1.82) is 0 Å². The summed E-state index contributed by atoms with van der Waals surface area (Å²) in [4.78, 5) is 18.8. The lowest BCUT2D eigenvalue weighted by Gasteiger charge is -2.06. The normalized spacial score (nSPS) is 10.8. The molecule has 0 radical (unpaired) electrons. The van der Waals surface area contributed by atoms with E-state index in [1.807, 2.05) is 0 Å². The van der Waals surface area contributed by atoms with Crippen LogP contribution >= 0.6 is 11.8 Å². The molecule has 0 saturated heterocycles. The molecule has 0 aliphatic rings. The topological polar surface area (TPSA) is 66.0 Å². The van der Waals surface area contributed by atoms with Crippen molar-refractivity contribution >= 4 is 11.8 Å². The first-order valence-corrected chi connectivity index (χ1v) is 7.16. The van der Waals surface area contributed by atoms with Gasteiger partial charge in [0.15, 0.2) is 5.16 Å². The smallest absolute Gasteiger partial charge is 0.255 e. The Morgan fingerprint density at radius 1 is 1.35 bits per heavy atom. The fraction of sp³-hybridized carbons (Fsp3) is 0.286. The van der Waals surface area contributed by atoms with Gasteiger partial charge >= 0.3 is 0 Å². The summed E-state index contributed by atoms with van der Waals surface area (Å²) >= 11 is 1.38. The molecule has 0 atom stereocenters. The number of thioether (sulfide) groups is 1. The van der Waals surface area contributed by atoms with Crippen molar-refractivity contribution in [1.82, 2.24) is 9.97 Å². The van der Waals surface area contributed by atoms with Crippen LogP contribution < -0.4 is 5.56 Å². The maximum atomic E-state index is 12.8. The van der Waals surface area contributed by atoms with E-state index in [-0.39, 0.29) is 18.0 Å². The van der Waals surface area contributed by atoms with Crippen LogP contribution in [0.2, 0.25) is 0 Å². The SMILES string of the molecule is Cc1nc(SCc2ccc(F)cc2)[nH]c(=O)c1CCO. The lowest BCUT2D eigenvalue weighted by atomic mass is 10.2. The third-order valence-electron chi connectivity index (χ3n) is 2.85. The molecule has 20 heavy (non-hydrogen) atoms. The number of benzene rings is 1. The van der Waals surface area contributed by atoms with Gasteiger partial charge in [-0.25, -0.2) is 9.37 Å². The molecule has 2 rings (SSSR count). The van der Waals surface area contributed by atoms with Gasteiger partial charge in [-0.1, -0.05) is 23.9 Å². The average molecular weight is 294 g/mol. The van der Waals surface area contributed by atoms with E-state index in [1.54, 1.807) is 19.1 Å². The molecule has 106 valence electrons. The highest BCUT2D eigenvalue weighted by Gasteiger charge is 2.08. The molecule has 1 heterocycles. The summed E-state index contributed by atoms with van der Waals surface area (Å²) in [6, 6.07) is 6.21. The van der Waals surface area contributed by atoms with Gasteiger partial charge < -0.3 is 10.1 Å². The van der Waals surface area contributed by atoms with Crippen LogP contribution in [0.3, 0.4) is 0 Å². The molecule has 1 aromatic heterocycles. The van der Waals surface area contributed by atoms with Gasteiger partial charge in [0.1, 0.15) is 5.82 Å². The third-order valence-corrected chi connectivity index (χ3v) is 3.80. The number of aromatic amines is 1. The van der Waals surface area contributed by atoms with Crippen molar-refractivity contribution in [2.75, 3.05) is 6.61 Å². The molecule has 6 heteroatoms. The molecular weight excluding hydrogens is 279 g/mol. The Kier molecular flexibility index (Phi) is 4.92. The summed E-state index contributed by atoms with van der Waals surface area (Å²) in [5, 5.41) is 9.42. The summed E-state index contributed by atoms with van der Waals surface area (Å²) in [7, 11) is 0. The van der Waals surface area contributed by atoms with Crippen LogP contribution in [-0.4, -0.2) is 21.7 Å². The number of hydrogen-bond acceptors (Lipinski definition) is 4. The van der Waals surface area contributed by atoms with Gasteiger partial charge in [0.25, 0.3) is 5.56 Å². The number of aliphatic hydroxyl groups excluding tert-OH is 1. The van der Waals surface area contributed by atoms with E-state index < -0.39 is 0 Å². The van der Waals surface area contributed by atoms with Crippen molar-refractivity contribution < 1.29 is 9.50 Å². The fourth-order valence-corrected chi connectivity index (χ4v) is 2.65. The Hall–Kier alpha value is -1.66. The second kappa shape index (κ2) is 6.67. The maximum absolute atomic E-state index is 12.8. The van der Waals surface area contributed by atoms with E-state index >= 15 is 0 Å². The largest absolute Gasteiger partial charge is 0.396 e. The Bertz CT molecular complexity index is 641. The van der Waals surface area contributed by atoms with Crippen LogP contribution in [0.1, 0.15) is 16.8 Å². The van der Waals surface area contributed by atoms with Crippen molar-refractivity contribution in [3.05, 3.63) is 57.3 Å². The molecule has 0 bridgehead atoms. The zero-order valence-corrected chi connectivity index (χ0v) is 11.8. The number of aliphatic hydroxyl groups is 1. The molecule has 2 aromatic rings. The van der Waals surface area contributed by atoms with Crippen LogP contribution in [0, 0.1) is 12.7 Å². The zero-order chi connectivity index (χ0) is 14.5. The second-order valence-electron chi connectivity index (χ2n) is 4.32. The lowest BCUT2D eigenvalue weighted by Crippen LogP contribution is -2.18. The minimum Gasteiger partial charge on any atom is -0.396 e. The zero-order valence-electron chi connectivity index (χ0n) is 11.0. The van der Waals surface area contributed by atoms with Crippen LogP contribution in [0.15, 0.2) is 34.2 Å². The van der Waals surface area contributed by atoms with E-state index in [4.69, 9.17) is 5.11 Å². The average Bonchev–Trinajstić information content (AvgIpc) is 2.42. The number of nitrogens with one attached hydrogen (secondary N) is 1. The first kappa shape index (κ1) is 14.7. The van der Waals surface area contributed by atoms with Gasteiger partial charge in [-0.2, -0.15) is 0 Å². The number of rotatable bonds is 5. The quantitative estimate of drug-likeness (QED) is 0.654. The fourth-order valence-electron chi connectivity index (χ4n) is 1.79. The number of halogens is 1. The molecule has 4 nitrogen and oxygen atoms in total. The van der Waals surface area contributed by atoms with Gasteiger partial charge in [-0.3, -0.25) is 4.79 Å². The predicted octanol–water partition coefficient (Wildman–Crippen LogP) is 2.04. The molecule has 0 aliphatic carbocycles. The second-order valence-corrected chi connectivity index (χ2v) is 5.29. The molecule has 0 spiro atoms. The summed E-state index contributed by atoms with van der Waals surface area (Å²) in [6.45, 7) is 1.68. The van der Waals surface area contributed by atoms with Crippen molar-refractivity contribution in [2.24, 2.45) is 0 Å². The van der Waals surface area contributed by atoms with Gasteiger partial charge in [0.2, 0.25) is 0 Å². The third kappa shape index (κ3) is 3.68. The number of aromatic nitrogens is 2. The Morgan fingerprint density at radius 3 is 2.65 bits per heavy atom. The van der Waals surface area contributed by atoms with Crippen LogP contribution in [0.5, 0.6) is 0 Å². The van der Waals surface area contributed by atoms with Gasteiger partial charge in [-0.05, 0) is 24.6 Å².